The Balaban J connectivity index is 2.13. The largest absolute Gasteiger partial charge is 0.355 e. The van der Waals surface area contributed by atoms with Crippen molar-refractivity contribution >= 4 is 43.5 Å². The third-order valence-electron chi connectivity index (χ3n) is 4.96. The normalized spacial score (nSPS) is 12.1. The first-order valence-electron chi connectivity index (χ1n) is 10.5. The van der Waals surface area contributed by atoms with Crippen molar-refractivity contribution in [2.45, 2.75) is 39.3 Å². The van der Waals surface area contributed by atoms with Crippen molar-refractivity contribution in [3.63, 3.8) is 0 Å². The van der Waals surface area contributed by atoms with Gasteiger partial charge in [0.1, 0.15) is 6.04 Å². The number of amides is 2. The van der Waals surface area contributed by atoms with E-state index in [1.807, 2.05) is 37.3 Å². The van der Waals surface area contributed by atoms with Gasteiger partial charge in [-0.1, -0.05) is 46.3 Å². The number of nitrogens with zero attached hydrogens (tertiary/aromatic N) is 2. The van der Waals surface area contributed by atoms with Crippen molar-refractivity contribution < 1.29 is 18.0 Å². The van der Waals surface area contributed by atoms with Crippen molar-refractivity contribution in [1.29, 1.82) is 0 Å². The molecule has 1 atom stereocenters. The Kier molecular flexibility index (Phi) is 9.71. The summed E-state index contributed by atoms with van der Waals surface area (Å²) in [4.78, 5) is 27.1. The van der Waals surface area contributed by atoms with Gasteiger partial charge in [-0.05, 0) is 50.1 Å². The second kappa shape index (κ2) is 12.0. The molecule has 2 aromatic carbocycles. The second-order valence-corrected chi connectivity index (χ2v) is 10.3. The Morgan fingerprint density at radius 2 is 1.78 bits per heavy atom. The number of carbonyl (C=O) groups is 2. The lowest BCUT2D eigenvalue weighted by Crippen LogP contribution is -2.47. The fourth-order valence-corrected chi connectivity index (χ4v) is 4.75. The van der Waals surface area contributed by atoms with E-state index in [1.165, 1.54) is 4.31 Å². The maximum absolute atomic E-state index is 13.1. The van der Waals surface area contributed by atoms with Gasteiger partial charge in [0.15, 0.2) is 0 Å². The summed E-state index contributed by atoms with van der Waals surface area (Å²) in [5, 5.41) is 2.76. The minimum Gasteiger partial charge on any atom is -0.355 e. The van der Waals surface area contributed by atoms with Crippen LogP contribution in [0.5, 0.6) is 0 Å². The quantitative estimate of drug-likeness (QED) is 0.487. The lowest BCUT2D eigenvalue weighted by molar-refractivity contribution is -0.140. The van der Waals surface area contributed by atoms with Gasteiger partial charge in [-0.15, -0.1) is 0 Å². The Morgan fingerprint density at radius 1 is 1.09 bits per heavy atom. The molecule has 0 spiro atoms. The number of hydrogen-bond donors (Lipinski definition) is 1. The summed E-state index contributed by atoms with van der Waals surface area (Å²) in [5.41, 5.74) is 1.45. The van der Waals surface area contributed by atoms with Crippen LogP contribution in [0, 0.1) is 0 Å². The molecule has 0 bridgehead atoms. The Bertz CT molecular complexity index is 1010. The fourth-order valence-electron chi connectivity index (χ4n) is 3.33. The molecule has 32 heavy (non-hydrogen) atoms. The molecular formula is C23H30BrN3O4S. The van der Waals surface area contributed by atoms with Gasteiger partial charge in [0.25, 0.3) is 0 Å². The zero-order valence-corrected chi connectivity index (χ0v) is 21.0. The summed E-state index contributed by atoms with van der Waals surface area (Å²) in [7, 11) is -3.49. The maximum Gasteiger partial charge on any atom is 0.242 e. The van der Waals surface area contributed by atoms with Crippen molar-refractivity contribution in [2.75, 3.05) is 23.7 Å². The van der Waals surface area contributed by atoms with Crippen LogP contribution in [0.4, 0.5) is 5.69 Å². The van der Waals surface area contributed by atoms with E-state index in [0.717, 1.165) is 16.3 Å². The Morgan fingerprint density at radius 3 is 2.38 bits per heavy atom. The molecule has 2 rings (SSSR count). The summed E-state index contributed by atoms with van der Waals surface area (Å²) in [5.74, 6) is -0.428. The van der Waals surface area contributed by atoms with E-state index in [0.29, 0.717) is 18.7 Å². The molecule has 0 saturated carbocycles. The van der Waals surface area contributed by atoms with E-state index < -0.39 is 16.1 Å². The fraction of sp³-hybridized carbons (Fsp3) is 0.391. The molecule has 7 nitrogen and oxygen atoms in total. The molecule has 174 valence electrons. The van der Waals surface area contributed by atoms with Crippen LogP contribution >= 0.6 is 15.9 Å². The van der Waals surface area contributed by atoms with Crippen LogP contribution in [0.2, 0.25) is 0 Å². The highest BCUT2D eigenvalue weighted by Crippen LogP contribution is 2.19. The molecule has 1 unspecified atom stereocenters. The number of anilines is 1. The maximum atomic E-state index is 13.1. The number of benzene rings is 2. The van der Waals surface area contributed by atoms with E-state index in [4.69, 9.17) is 0 Å². The molecule has 1 N–H and O–H groups in total. The van der Waals surface area contributed by atoms with Crippen LogP contribution in [-0.4, -0.2) is 50.5 Å². The number of nitrogens with one attached hydrogen (secondary N) is 1. The van der Waals surface area contributed by atoms with Gasteiger partial charge < -0.3 is 10.2 Å². The topological polar surface area (TPSA) is 86.8 Å². The highest BCUT2D eigenvalue weighted by molar-refractivity contribution is 9.10. The summed E-state index contributed by atoms with van der Waals surface area (Å²) in [6.07, 6.45) is 1.60. The third kappa shape index (κ3) is 7.63. The number of likely N-dealkylation sites (N-methyl/N-ethyl adjacent to an activating group) is 1. The standard InChI is InChI=1S/C23H30BrN3O4S/c1-4-25-23(29)18(2)26(17-19-10-8-11-20(24)16-19)22(28)14-9-15-27(32(3,30)31)21-12-6-5-7-13-21/h5-8,10-13,16,18H,4,9,14-15,17H2,1-3H3,(H,25,29). The van der Waals surface area contributed by atoms with E-state index in [2.05, 4.69) is 21.2 Å². The van der Waals surface area contributed by atoms with Crippen LogP contribution in [0.3, 0.4) is 0 Å². The molecule has 0 fully saturated rings. The van der Waals surface area contributed by atoms with Gasteiger partial charge >= 0.3 is 0 Å². The minimum atomic E-state index is -3.49. The van der Waals surface area contributed by atoms with Crippen molar-refractivity contribution in [3.05, 3.63) is 64.6 Å². The molecular weight excluding hydrogens is 494 g/mol. The van der Waals surface area contributed by atoms with Crippen LogP contribution in [0.1, 0.15) is 32.3 Å². The second-order valence-electron chi connectivity index (χ2n) is 7.50. The van der Waals surface area contributed by atoms with Crippen LogP contribution < -0.4 is 9.62 Å². The van der Waals surface area contributed by atoms with E-state index in [9.17, 15) is 18.0 Å². The van der Waals surface area contributed by atoms with Gasteiger partial charge in [0, 0.05) is 30.5 Å². The number of halogens is 1. The van der Waals surface area contributed by atoms with Gasteiger partial charge in [-0.25, -0.2) is 8.42 Å². The van der Waals surface area contributed by atoms with Crippen LogP contribution in [-0.2, 0) is 26.2 Å². The zero-order chi connectivity index (χ0) is 23.7. The van der Waals surface area contributed by atoms with Crippen molar-refractivity contribution in [1.82, 2.24) is 10.2 Å². The first kappa shape index (κ1) is 25.9. The summed E-state index contributed by atoms with van der Waals surface area (Å²) >= 11 is 3.43. The lowest BCUT2D eigenvalue weighted by atomic mass is 10.1. The summed E-state index contributed by atoms with van der Waals surface area (Å²) < 4.78 is 26.7. The van der Waals surface area contributed by atoms with E-state index >= 15 is 0 Å². The highest BCUT2D eigenvalue weighted by atomic mass is 79.9. The third-order valence-corrected chi connectivity index (χ3v) is 6.64. The first-order chi connectivity index (χ1) is 15.1. The monoisotopic (exact) mass is 523 g/mol. The summed E-state index contributed by atoms with van der Waals surface area (Å²) in [6.45, 7) is 4.46. The smallest absolute Gasteiger partial charge is 0.242 e. The Hall–Kier alpha value is -2.39. The molecule has 9 heteroatoms. The molecule has 0 aromatic heterocycles. The van der Waals surface area contributed by atoms with Crippen molar-refractivity contribution in [2.24, 2.45) is 0 Å². The van der Waals surface area contributed by atoms with Gasteiger partial charge in [-0.3, -0.25) is 13.9 Å². The zero-order valence-electron chi connectivity index (χ0n) is 18.6. The first-order valence-corrected chi connectivity index (χ1v) is 13.1. The predicted molar refractivity (Wildman–Crippen MR) is 131 cm³/mol. The number of rotatable bonds is 11. The van der Waals surface area contributed by atoms with Gasteiger partial charge in [-0.2, -0.15) is 0 Å². The number of hydrogen-bond acceptors (Lipinski definition) is 4. The molecule has 0 aliphatic carbocycles. The molecule has 2 aromatic rings. The van der Waals surface area contributed by atoms with Gasteiger partial charge in [0.2, 0.25) is 21.8 Å². The molecule has 2 amide bonds. The lowest BCUT2D eigenvalue weighted by Gasteiger charge is -2.29. The minimum absolute atomic E-state index is 0.122. The molecule has 0 radical (unpaired) electrons. The molecule has 0 aliphatic heterocycles. The molecule has 0 heterocycles. The SMILES string of the molecule is CCNC(=O)C(C)N(Cc1cccc(Br)c1)C(=O)CCCN(c1ccccc1)S(C)(=O)=O. The number of carbonyl (C=O) groups excluding carboxylic acids is 2. The predicted octanol–water partition coefficient (Wildman–Crippen LogP) is 3.55. The average molecular weight is 524 g/mol. The van der Waals surface area contributed by atoms with E-state index in [-0.39, 0.29) is 31.3 Å². The van der Waals surface area contributed by atoms with Gasteiger partial charge in [0.05, 0.1) is 11.9 Å². The average Bonchev–Trinajstić information content (AvgIpc) is 2.74. The summed E-state index contributed by atoms with van der Waals surface area (Å²) in [6, 6.07) is 15.7. The van der Waals surface area contributed by atoms with Crippen LogP contribution in [0.15, 0.2) is 59.1 Å². The van der Waals surface area contributed by atoms with E-state index in [1.54, 1.807) is 36.1 Å². The van der Waals surface area contributed by atoms with Crippen molar-refractivity contribution in [3.8, 4) is 0 Å². The number of para-hydroxylation sites is 1. The Labute approximate surface area is 199 Å². The molecule has 0 aliphatic rings. The van der Waals surface area contributed by atoms with Crippen LogP contribution in [0.25, 0.3) is 0 Å². The highest BCUT2D eigenvalue weighted by Gasteiger charge is 2.26. The molecule has 0 saturated heterocycles. The number of sulfonamides is 1.